The van der Waals surface area contributed by atoms with Gasteiger partial charge in [0.05, 0.1) is 19.3 Å². The number of ether oxygens (including phenoxy) is 1. The number of carbonyl (C=O) groups excluding carboxylic acids is 3. The number of fused-ring (bicyclic) bond motifs is 2. The molecule has 0 unspecified atom stereocenters. The number of hydrogen-bond acceptors (Lipinski definition) is 9. The van der Waals surface area contributed by atoms with Crippen molar-refractivity contribution in [1.82, 2.24) is 30.5 Å². The van der Waals surface area contributed by atoms with Crippen molar-refractivity contribution in [2.24, 2.45) is 0 Å². The predicted molar refractivity (Wildman–Crippen MR) is 126 cm³/mol. The lowest BCUT2D eigenvalue weighted by atomic mass is 9.95. The highest BCUT2D eigenvalue weighted by Crippen LogP contribution is 2.35. The first-order valence-electron chi connectivity index (χ1n) is 10.9. The number of nitrogens with two attached hydrogens (primary N) is 1. The summed E-state index contributed by atoms with van der Waals surface area (Å²) in [4.78, 5) is 52.6. The van der Waals surface area contributed by atoms with Crippen LogP contribution in [-0.4, -0.2) is 51.4 Å². The topological polar surface area (TPSA) is 166 Å². The first-order chi connectivity index (χ1) is 17.4. The summed E-state index contributed by atoms with van der Waals surface area (Å²) in [6.45, 7) is 0.127. The van der Waals surface area contributed by atoms with Crippen LogP contribution in [-0.2, 0) is 16.9 Å². The number of imide groups is 1. The lowest BCUT2D eigenvalue weighted by molar-refractivity contribution is -0.125. The van der Waals surface area contributed by atoms with E-state index in [4.69, 9.17) is 14.9 Å². The molecule has 1 atom stereocenters. The Morgan fingerprint density at radius 2 is 1.94 bits per heavy atom. The Hall–Kier alpha value is -5.00. The molecule has 6 rings (SSSR count). The summed E-state index contributed by atoms with van der Waals surface area (Å²) in [6.07, 6.45) is 3.10. The first kappa shape index (κ1) is 21.5. The number of carbonyl (C=O) groups is 3. The molecule has 0 bridgehead atoms. The van der Waals surface area contributed by atoms with Crippen molar-refractivity contribution in [2.75, 3.05) is 19.4 Å². The van der Waals surface area contributed by atoms with Crippen LogP contribution < -0.4 is 21.1 Å². The van der Waals surface area contributed by atoms with E-state index in [1.54, 1.807) is 48.8 Å². The SMILES string of the molecule is COc1ccc2c(c1)C(=O)N(C[C@@]1(c3cc4nc(-c5cnc(N)nc5)ccc4o3)NC(=O)NC1=O)C2. The third kappa shape index (κ3) is 3.30. The molecule has 36 heavy (non-hydrogen) atoms. The van der Waals surface area contributed by atoms with E-state index < -0.39 is 17.5 Å². The molecule has 0 saturated carbocycles. The van der Waals surface area contributed by atoms with Gasteiger partial charge in [-0.2, -0.15) is 0 Å². The number of nitrogens with one attached hydrogen (secondary N) is 2. The maximum atomic E-state index is 13.2. The minimum Gasteiger partial charge on any atom is -0.497 e. The van der Waals surface area contributed by atoms with E-state index in [0.29, 0.717) is 33.7 Å². The van der Waals surface area contributed by atoms with E-state index in [-0.39, 0.29) is 30.7 Å². The molecule has 4 amide bonds. The minimum atomic E-state index is -1.63. The number of amides is 4. The monoisotopic (exact) mass is 485 g/mol. The molecule has 1 fully saturated rings. The number of urea groups is 1. The molecule has 12 heteroatoms. The lowest BCUT2D eigenvalue weighted by Gasteiger charge is -2.28. The van der Waals surface area contributed by atoms with Crippen molar-refractivity contribution >= 4 is 34.9 Å². The fraction of sp³-hybridized carbons (Fsp3) is 0.167. The zero-order valence-corrected chi connectivity index (χ0v) is 18.9. The zero-order chi connectivity index (χ0) is 25.0. The van der Waals surface area contributed by atoms with Gasteiger partial charge in [-0.3, -0.25) is 14.9 Å². The Bertz CT molecular complexity index is 1570. The first-order valence-corrected chi connectivity index (χ1v) is 10.9. The van der Waals surface area contributed by atoms with Crippen LogP contribution >= 0.6 is 0 Å². The average Bonchev–Trinajstić information content (AvgIpc) is 3.53. The Balaban J connectivity index is 1.38. The van der Waals surface area contributed by atoms with Crippen LogP contribution in [0.4, 0.5) is 10.7 Å². The van der Waals surface area contributed by atoms with Crippen LogP contribution in [0, 0.1) is 0 Å². The van der Waals surface area contributed by atoms with Gasteiger partial charge in [0, 0.05) is 36.1 Å². The second-order valence-electron chi connectivity index (χ2n) is 8.52. The van der Waals surface area contributed by atoms with Crippen molar-refractivity contribution < 1.29 is 23.5 Å². The van der Waals surface area contributed by atoms with Gasteiger partial charge in [-0.25, -0.2) is 19.7 Å². The van der Waals surface area contributed by atoms with Crippen LogP contribution in [0.1, 0.15) is 21.7 Å². The number of anilines is 1. The smallest absolute Gasteiger partial charge is 0.322 e. The van der Waals surface area contributed by atoms with Crippen LogP contribution in [0.3, 0.4) is 0 Å². The van der Waals surface area contributed by atoms with E-state index in [1.807, 2.05) is 0 Å². The number of rotatable bonds is 5. The molecule has 4 N–H and O–H groups in total. The molecular formula is C24H19N7O5. The van der Waals surface area contributed by atoms with Crippen molar-refractivity contribution in [3.63, 3.8) is 0 Å². The molecule has 4 aromatic rings. The van der Waals surface area contributed by atoms with Crippen LogP contribution in [0.5, 0.6) is 5.75 Å². The summed E-state index contributed by atoms with van der Waals surface area (Å²) >= 11 is 0. The molecule has 0 aliphatic carbocycles. The number of hydrogen-bond donors (Lipinski definition) is 3. The predicted octanol–water partition coefficient (Wildman–Crippen LogP) is 1.57. The minimum absolute atomic E-state index is 0.140. The molecule has 180 valence electrons. The highest BCUT2D eigenvalue weighted by Gasteiger charge is 2.53. The summed E-state index contributed by atoms with van der Waals surface area (Å²) in [5.74, 6) is -0.0545. The second kappa shape index (κ2) is 7.77. The van der Waals surface area contributed by atoms with Gasteiger partial charge in [0.2, 0.25) is 5.95 Å². The molecule has 5 heterocycles. The summed E-state index contributed by atoms with van der Waals surface area (Å²) in [5.41, 5.74) is 7.27. The van der Waals surface area contributed by atoms with Gasteiger partial charge in [0.25, 0.3) is 11.8 Å². The highest BCUT2D eigenvalue weighted by molar-refractivity contribution is 6.08. The number of furan rings is 1. The van der Waals surface area contributed by atoms with Crippen LogP contribution in [0.15, 0.2) is 53.2 Å². The Kier molecular flexibility index (Phi) is 4.64. The van der Waals surface area contributed by atoms with Crippen LogP contribution in [0.2, 0.25) is 0 Å². The number of pyridine rings is 1. The summed E-state index contributed by atoms with van der Waals surface area (Å²) in [7, 11) is 1.52. The molecule has 2 aliphatic rings. The molecule has 3 aromatic heterocycles. The largest absolute Gasteiger partial charge is 0.497 e. The molecule has 1 aromatic carbocycles. The molecule has 0 radical (unpaired) electrons. The number of nitrogens with zero attached hydrogens (tertiary/aromatic N) is 4. The number of nitrogen functional groups attached to an aromatic ring is 1. The molecule has 12 nitrogen and oxygen atoms in total. The summed E-state index contributed by atoms with van der Waals surface area (Å²) < 4.78 is 11.2. The molecule has 0 spiro atoms. The van der Waals surface area contributed by atoms with Gasteiger partial charge in [-0.05, 0) is 29.8 Å². The van der Waals surface area contributed by atoms with Gasteiger partial charge >= 0.3 is 6.03 Å². The fourth-order valence-corrected chi connectivity index (χ4v) is 4.50. The van der Waals surface area contributed by atoms with E-state index >= 15 is 0 Å². The maximum absolute atomic E-state index is 13.2. The molecular weight excluding hydrogens is 466 g/mol. The van der Waals surface area contributed by atoms with Gasteiger partial charge in [-0.1, -0.05) is 6.07 Å². The van der Waals surface area contributed by atoms with E-state index in [0.717, 1.165) is 5.56 Å². The van der Waals surface area contributed by atoms with Crippen molar-refractivity contribution in [2.45, 2.75) is 12.1 Å². The van der Waals surface area contributed by atoms with E-state index in [9.17, 15) is 14.4 Å². The van der Waals surface area contributed by atoms with Gasteiger partial charge in [-0.15, -0.1) is 0 Å². The van der Waals surface area contributed by atoms with E-state index in [1.165, 1.54) is 12.0 Å². The summed E-state index contributed by atoms with van der Waals surface area (Å²) in [6, 6.07) is 9.55. The Labute approximate surface area is 203 Å². The molecule has 2 aliphatic heterocycles. The fourth-order valence-electron chi connectivity index (χ4n) is 4.50. The number of methoxy groups -OCH3 is 1. The van der Waals surface area contributed by atoms with Crippen molar-refractivity contribution in [1.29, 1.82) is 0 Å². The summed E-state index contributed by atoms with van der Waals surface area (Å²) in [5, 5.41) is 4.94. The van der Waals surface area contributed by atoms with Crippen molar-refractivity contribution in [3.05, 3.63) is 65.7 Å². The van der Waals surface area contributed by atoms with Gasteiger partial charge < -0.3 is 25.1 Å². The number of benzene rings is 1. The van der Waals surface area contributed by atoms with Crippen LogP contribution in [0.25, 0.3) is 22.4 Å². The Morgan fingerprint density at radius 1 is 1.14 bits per heavy atom. The number of aromatic nitrogens is 3. The van der Waals surface area contributed by atoms with E-state index in [2.05, 4.69) is 25.6 Å². The van der Waals surface area contributed by atoms with Gasteiger partial charge in [0.1, 0.15) is 17.0 Å². The lowest BCUT2D eigenvalue weighted by Crippen LogP contribution is -2.52. The zero-order valence-electron chi connectivity index (χ0n) is 18.9. The second-order valence-corrected chi connectivity index (χ2v) is 8.52. The highest BCUT2D eigenvalue weighted by atomic mass is 16.5. The third-order valence-electron chi connectivity index (χ3n) is 6.33. The molecule has 1 saturated heterocycles. The third-order valence-corrected chi connectivity index (χ3v) is 6.33. The quantitative estimate of drug-likeness (QED) is 0.356. The van der Waals surface area contributed by atoms with Gasteiger partial charge in [0.15, 0.2) is 11.1 Å². The normalized spacial score (nSPS) is 18.9. The van der Waals surface area contributed by atoms with Crippen molar-refractivity contribution in [3.8, 4) is 17.0 Å². The standard InChI is InChI=1S/C24H19N7O5/c1-35-14-3-2-12-10-31(20(32)15(12)6-14)11-24(21(33)29-23(34)30-24)19-7-17-18(36-19)5-4-16(28-17)13-8-26-22(25)27-9-13/h2-9H,10-11H2,1H3,(H2,25,26,27)(H2,29,30,33,34)/t24-/m0/s1. The maximum Gasteiger partial charge on any atom is 0.322 e. The Morgan fingerprint density at radius 3 is 2.67 bits per heavy atom. The average molecular weight is 485 g/mol.